The third-order valence-corrected chi connectivity index (χ3v) is 2.74. The predicted molar refractivity (Wildman–Crippen MR) is 75.9 cm³/mol. The van der Waals surface area contributed by atoms with Gasteiger partial charge in [0.1, 0.15) is 11.6 Å². The molecule has 0 heterocycles. The first kappa shape index (κ1) is 16.3. The normalized spacial score (nSPS) is 12.6. The number of alkyl carbamates (subject to hydrolysis) is 1. The second-order valence-electron chi connectivity index (χ2n) is 5.33. The number of carboxylic acids is 1. The van der Waals surface area contributed by atoms with Gasteiger partial charge in [-0.15, -0.1) is 0 Å². The van der Waals surface area contributed by atoms with E-state index in [1.165, 1.54) is 0 Å². The molecular formula is C14H18ClNO4. The maximum Gasteiger partial charge on any atom is 0.408 e. The number of rotatable bonds is 4. The summed E-state index contributed by atoms with van der Waals surface area (Å²) < 4.78 is 5.04. The van der Waals surface area contributed by atoms with E-state index in [2.05, 4.69) is 5.32 Å². The summed E-state index contributed by atoms with van der Waals surface area (Å²) in [6.07, 6.45) is -0.675. The molecule has 0 aliphatic rings. The Morgan fingerprint density at radius 2 is 1.95 bits per heavy atom. The Kier molecular flexibility index (Phi) is 5.39. The molecule has 5 nitrogen and oxygen atoms in total. The molecule has 0 aromatic heterocycles. The summed E-state index contributed by atoms with van der Waals surface area (Å²) in [7, 11) is 0. The van der Waals surface area contributed by atoms with E-state index in [1.807, 2.05) is 0 Å². The number of amides is 1. The average Bonchev–Trinajstić information content (AvgIpc) is 2.28. The van der Waals surface area contributed by atoms with Crippen LogP contribution in [-0.2, 0) is 16.0 Å². The van der Waals surface area contributed by atoms with Crippen molar-refractivity contribution in [2.75, 3.05) is 0 Å². The Bertz CT molecular complexity index is 496. The van der Waals surface area contributed by atoms with E-state index < -0.39 is 23.7 Å². The number of carboxylic acid groups (broad SMARTS) is 1. The second-order valence-corrected chi connectivity index (χ2v) is 5.74. The van der Waals surface area contributed by atoms with Gasteiger partial charge in [-0.25, -0.2) is 9.59 Å². The third kappa shape index (κ3) is 5.48. The monoisotopic (exact) mass is 299 g/mol. The fourth-order valence-electron chi connectivity index (χ4n) is 1.53. The number of halogens is 1. The summed E-state index contributed by atoms with van der Waals surface area (Å²) in [6.45, 7) is 5.11. The molecule has 110 valence electrons. The van der Waals surface area contributed by atoms with Crippen LogP contribution in [-0.4, -0.2) is 28.8 Å². The number of nitrogens with one attached hydrogen (secondary N) is 1. The molecule has 0 bridgehead atoms. The minimum absolute atomic E-state index is 0.0915. The molecule has 0 radical (unpaired) electrons. The molecule has 1 aromatic rings. The lowest BCUT2D eigenvalue weighted by Gasteiger charge is -2.22. The maximum atomic E-state index is 11.6. The van der Waals surface area contributed by atoms with Crippen LogP contribution in [0.25, 0.3) is 0 Å². The van der Waals surface area contributed by atoms with E-state index >= 15 is 0 Å². The van der Waals surface area contributed by atoms with Crippen molar-refractivity contribution in [1.82, 2.24) is 5.32 Å². The van der Waals surface area contributed by atoms with E-state index in [-0.39, 0.29) is 6.42 Å². The van der Waals surface area contributed by atoms with Crippen molar-refractivity contribution >= 4 is 23.7 Å². The summed E-state index contributed by atoms with van der Waals surface area (Å²) in [5, 5.41) is 12.0. The van der Waals surface area contributed by atoms with Crippen LogP contribution in [0, 0.1) is 0 Å². The van der Waals surface area contributed by atoms with Crippen LogP contribution in [0.5, 0.6) is 0 Å². The molecule has 0 spiro atoms. The minimum Gasteiger partial charge on any atom is -0.480 e. The van der Waals surface area contributed by atoms with Crippen LogP contribution in [0.2, 0.25) is 5.02 Å². The van der Waals surface area contributed by atoms with Gasteiger partial charge in [-0.1, -0.05) is 29.8 Å². The van der Waals surface area contributed by atoms with Crippen molar-refractivity contribution < 1.29 is 19.4 Å². The summed E-state index contributed by atoms with van der Waals surface area (Å²) >= 11 is 5.98. The highest BCUT2D eigenvalue weighted by Crippen LogP contribution is 2.17. The molecule has 0 fully saturated rings. The van der Waals surface area contributed by atoms with Crippen molar-refractivity contribution in [1.29, 1.82) is 0 Å². The fourth-order valence-corrected chi connectivity index (χ4v) is 1.75. The molecule has 0 saturated carbocycles. The first-order valence-electron chi connectivity index (χ1n) is 6.15. The van der Waals surface area contributed by atoms with Crippen LogP contribution in [0.3, 0.4) is 0 Å². The first-order valence-corrected chi connectivity index (χ1v) is 6.52. The highest BCUT2D eigenvalue weighted by molar-refractivity contribution is 6.31. The van der Waals surface area contributed by atoms with Crippen molar-refractivity contribution in [3.05, 3.63) is 34.9 Å². The Morgan fingerprint density at radius 1 is 1.35 bits per heavy atom. The van der Waals surface area contributed by atoms with Gasteiger partial charge in [0.2, 0.25) is 0 Å². The Balaban J connectivity index is 2.74. The lowest BCUT2D eigenvalue weighted by Crippen LogP contribution is -2.44. The van der Waals surface area contributed by atoms with Gasteiger partial charge in [-0.05, 0) is 32.4 Å². The highest BCUT2D eigenvalue weighted by Gasteiger charge is 2.24. The van der Waals surface area contributed by atoms with Crippen LogP contribution in [0.1, 0.15) is 26.3 Å². The molecular weight excluding hydrogens is 282 g/mol. The largest absolute Gasteiger partial charge is 0.480 e. The van der Waals surface area contributed by atoms with Crippen LogP contribution in [0.15, 0.2) is 24.3 Å². The number of carbonyl (C=O) groups is 2. The second kappa shape index (κ2) is 6.61. The molecule has 1 rings (SSSR count). The molecule has 1 aromatic carbocycles. The van der Waals surface area contributed by atoms with Crippen LogP contribution < -0.4 is 5.32 Å². The molecule has 0 saturated heterocycles. The summed E-state index contributed by atoms with van der Waals surface area (Å²) in [4.78, 5) is 22.8. The summed E-state index contributed by atoms with van der Waals surface area (Å²) in [6, 6.07) is 5.80. The zero-order valence-electron chi connectivity index (χ0n) is 11.6. The Hall–Kier alpha value is -1.75. The van der Waals surface area contributed by atoms with Crippen molar-refractivity contribution in [2.45, 2.75) is 38.8 Å². The standard InChI is InChI=1S/C14H18ClNO4/c1-14(2,3)20-13(19)16-11(12(17)18)8-9-6-4-5-7-10(9)15/h4-7,11H,8H2,1-3H3,(H,16,19)(H,17,18). The molecule has 0 aliphatic heterocycles. The topological polar surface area (TPSA) is 75.6 Å². The van der Waals surface area contributed by atoms with Gasteiger partial charge >= 0.3 is 12.1 Å². The molecule has 2 N–H and O–H groups in total. The van der Waals surface area contributed by atoms with E-state index in [9.17, 15) is 9.59 Å². The third-order valence-electron chi connectivity index (χ3n) is 2.37. The lowest BCUT2D eigenvalue weighted by atomic mass is 10.1. The maximum absolute atomic E-state index is 11.6. The highest BCUT2D eigenvalue weighted by atomic mass is 35.5. The fraction of sp³-hybridized carbons (Fsp3) is 0.429. The number of hydrogen-bond acceptors (Lipinski definition) is 3. The molecule has 1 atom stereocenters. The molecule has 20 heavy (non-hydrogen) atoms. The minimum atomic E-state index is -1.14. The SMILES string of the molecule is CC(C)(C)OC(=O)NC(Cc1ccccc1Cl)C(=O)O. The van der Waals surface area contributed by atoms with Crippen molar-refractivity contribution in [2.24, 2.45) is 0 Å². The van der Waals surface area contributed by atoms with Crippen LogP contribution >= 0.6 is 11.6 Å². The quantitative estimate of drug-likeness (QED) is 0.896. The predicted octanol–water partition coefficient (Wildman–Crippen LogP) is 2.86. The van der Waals surface area contributed by atoms with E-state index in [1.54, 1.807) is 45.0 Å². The van der Waals surface area contributed by atoms with E-state index in [0.717, 1.165) is 0 Å². The van der Waals surface area contributed by atoms with Gasteiger partial charge in [0.15, 0.2) is 0 Å². The van der Waals surface area contributed by atoms with Gasteiger partial charge in [0.05, 0.1) is 0 Å². The number of aliphatic carboxylic acids is 1. The molecule has 6 heteroatoms. The van der Waals surface area contributed by atoms with Gasteiger partial charge in [-0.2, -0.15) is 0 Å². The number of carbonyl (C=O) groups excluding carboxylic acids is 1. The average molecular weight is 300 g/mol. The van der Waals surface area contributed by atoms with E-state index in [4.69, 9.17) is 21.4 Å². The molecule has 1 amide bonds. The van der Waals surface area contributed by atoms with Gasteiger partial charge in [0, 0.05) is 11.4 Å². The van der Waals surface area contributed by atoms with Crippen LogP contribution in [0.4, 0.5) is 4.79 Å². The Labute approximate surface area is 122 Å². The number of hydrogen-bond donors (Lipinski definition) is 2. The van der Waals surface area contributed by atoms with Gasteiger partial charge in [0.25, 0.3) is 0 Å². The zero-order valence-corrected chi connectivity index (χ0v) is 12.4. The Morgan fingerprint density at radius 3 is 2.45 bits per heavy atom. The van der Waals surface area contributed by atoms with E-state index in [0.29, 0.717) is 10.6 Å². The molecule has 0 aliphatic carbocycles. The summed E-state index contributed by atoms with van der Waals surface area (Å²) in [5.41, 5.74) is -0.0324. The van der Waals surface area contributed by atoms with Crippen molar-refractivity contribution in [3.8, 4) is 0 Å². The number of ether oxygens (including phenoxy) is 1. The summed E-state index contributed by atoms with van der Waals surface area (Å²) in [5.74, 6) is -1.14. The zero-order chi connectivity index (χ0) is 15.3. The first-order chi connectivity index (χ1) is 9.19. The van der Waals surface area contributed by atoms with Crippen molar-refractivity contribution in [3.63, 3.8) is 0 Å². The van der Waals surface area contributed by atoms with Gasteiger partial charge < -0.3 is 15.2 Å². The molecule has 1 unspecified atom stereocenters. The number of benzene rings is 1. The smallest absolute Gasteiger partial charge is 0.408 e. The lowest BCUT2D eigenvalue weighted by molar-refractivity contribution is -0.139. The van der Waals surface area contributed by atoms with Gasteiger partial charge in [-0.3, -0.25) is 0 Å².